The SMILES string of the molecule is CC(C)Oc1ncc(-c2nc(-c3ccc4c(c3)CCN(C[C@H](O)CO)C4)no2)cc1N. The largest absolute Gasteiger partial charge is 0.473 e. The molecule has 4 rings (SSSR count). The Bertz CT molecular complexity index is 1050. The molecule has 1 aromatic carbocycles. The summed E-state index contributed by atoms with van der Waals surface area (Å²) in [5, 5.41) is 22.9. The third kappa shape index (κ3) is 4.84. The second-order valence-electron chi connectivity index (χ2n) is 8.01. The molecule has 0 aliphatic carbocycles. The maximum atomic E-state index is 9.68. The first-order valence-electron chi connectivity index (χ1n) is 10.3. The van der Waals surface area contributed by atoms with Gasteiger partial charge in [0.1, 0.15) is 0 Å². The number of ether oxygens (including phenoxy) is 1. The molecule has 3 aromatic rings. The van der Waals surface area contributed by atoms with E-state index in [9.17, 15) is 5.11 Å². The molecule has 1 aliphatic heterocycles. The van der Waals surface area contributed by atoms with Gasteiger partial charge in [0.05, 0.1) is 30.1 Å². The van der Waals surface area contributed by atoms with E-state index in [-0.39, 0.29) is 12.7 Å². The standard InChI is InChI=1S/C22H27N5O4/c1-13(2)30-22-19(23)8-17(9-24-22)21-25-20(26-31-21)15-3-4-16-10-27(11-18(29)12-28)6-5-14(16)7-15/h3-4,7-9,13,18,28-29H,5-6,10-12,23H2,1-2H3/t18-/m0/s1. The van der Waals surface area contributed by atoms with E-state index < -0.39 is 6.10 Å². The summed E-state index contributed by atoms with van der Waals surface area (Å²) < 4.78 is 11.0. The van der Waals surface area contributed by atoms with Crippen molar-refractivity contribution in [3.8, 4) is 28.7 Å². The number of rotatable bonds is 7. The van der Waals surface area contributed by atoms with Crippen LogP contribution in [0.3, 0.4) is 0 Å². The van der Waals surface area contributed by atoms with Gasteiger partial charge in [0.15, 0.2) is 0 Å². The normalized spacial score (nSPS) is 15.1. The van der Waals surface area contributed by atoms with Gasteiger partial charge >= 0.3 is 0 Å². The Morgan fingerprint density at radius 2 is 2.06 bits per heavy atom. The van der Waals surface area contributed by atoms with Crippen LogP contribution in [0.4, 0.5) is 5.69 Å². The number of pyridine rings is 1. The average molecular weight is 425 g/mol. The molecule has 31 heavy (non-hydrogen) atoms. The highest BCUT2D eigenvalue weighted by Gasteiger charge is 2.20. The molecule has 0 saturated heterocycles. The minimum Gasteiger partial charge on any atom is -0.473 e. The quantitative estimate of drug-likeness (QED) is 0.519. The molecule has 0 spiro atoms. The van der Waals surface area contributed by atoms with Crippen molar-refractivity contribution < 1.29 is 19.5 Å². The van der Waals surface area contributed by atoms with Gasteiger partial charge in [-0.3, -0.25) is 4.90 Å². The van der Waals surface area contributed by atoms with Crippen LogP contribution in [-0.2, 0) is 13.0 Å². The third-order valence-electron chi connectivity index (χ3n) is 5.13. The Labute approximate surface area is 180 Å². The first-order valence-corrected chi connectivity index (χ1v) is 10.3. The van der Waals surface area contributed by atoms with Gasteiger partial charge in [0.2, 0.25) is 11.7 Å². The van der Waals surface area contributed by atoms with Crippen LogP contribution >= 0.6 is 0 Å². The van der Waals surface area contributed by atoms with E-state index in [1.54, 1.807) is 12.3 Å². The molecular formula is C22H27N5O4. The molecule has 4 N–H and O–H groups in total. The Balaban J connectivity index is 1.51. The molecule has 0 radical (unpaired) electrons. The lowest BCUT2D eigenvalue weighted by Crippen LogP contribution is -2.37. The fourth-order valence-electron chi connectivity index (χ4n) is 3.63. The summed E-state index contributed by atoms with van der Waals surface area (Å²) in [5.41, 5.74) is 10.4. The number of aliphatic hydroxyl groups is 2. The van der Waals surface area contributed by atoms with Gasteiger partial charge in [-0.1, -0.05) is 17.3 Å². The van der Waals surface area contributed by atoms with E-state index in [4.69, 9.17) is 20.1 Å². The van der Waals surface area contributed by atoms with Crippen LogP contribution in [0.15, 0.2) is 35.0 Å². The van der Waals surface area contributed by atoms with Crippen molar-refractivity contribution in [3.63, 3.8) is 0 Å². The molecule has 0 unspecified atom stereocenters. The summed E-state index contributed by atoms with van der Waals surface area (Å²) in [4.78, 5) is 10.9. The Hall–Kier alpha value is -3.01. The maximum absolute atomic E-state index is 9.68. The zero-order chi connectivity index (χ0) is 22.0. The van der Waals surface area contributed by atoms with Crippen LogP contribution in [0.5, 0.6) is 5.88 Å². The molecular weight excluding hydrogens is 398 g/mol. The maximum Gasteiger partial charge on any atom is 0.259 e. The van der Waals surface area contributed by atoms with Crippen LogP contribution in [0.1, 0.15) is 25.0 Å². The summed E-state index contributed by atoms with van der Waals surface area (Å²) >= 11 is 0. The van der Waals surface area contributed by atoms with E-state index >= 15 is 0 Å². The third-order valence-corrected chi connectivity index (χ3v) is 5.13. The van der Waals surface area contributed by atoms with E-state index in [1.165, 1.54) is 11.1 Å². The number of nitrogens with two attached hydrogens (primary N) is 1. The second-order valence-corrected chi connectivity index (χ2v) is 8.01. The smallest absolute Gasteiger partial charge is 0.259 e. The molecule has 0 saturated carbocycles. The van der Waals surface area contributed by atoms with Crippen LogP contribution in [-0.4, -0.2) is 62.1 Å². The van der Waals surface area contributed by atoms with Crippen molar-refractivity contribution in [1.29, 1.82) is 0 Å². The van der Waals surface area contributed by atoms with Crippen molar-refractivity contribution in [2.45, 2.75) is 39.0 Å². The number of aliphatic hydroxyl groups excluding tert-OH is 2. The summed E-state index contributed by atoms with van der Waals surface area (Å²) in [7, 11) is 0. The zero-order valence-corrected chi connectivity index (χ0v) is 17.7. The topological polar surface area (TPSA) is 131 Å². The lowest BCUT2D eigenvalue weighted by atomic mass is 9.97. The molecule has 0 amide bonds. The van der Waals surface area contributed by atoms with Gasteiger partial charge in [0.25, 0.3) is 5.89 Å². The van der Waals surface area contributed by atoms with Gasteiger partial charge in [-0.25, -0.2) is 4.98 Å². The van der Waals surface area contributed by atoms with Gasteiger partial charge in [0, 0.05) is 31.4 Å². The van der Waals surface area contributed by atoms with Gasteiger partial charge in [-0.05, 0) is 43.5 Å². The lowest BCUT2D eigenvalue weighted by molar-refractivity contribution is 0.0551. The molecule has 164 valence electrons. The van der Waals surface area contributed by atoms with Crippen LogP contribution in [0.25, 0.3) is 22.8 Å². The number of aromatic nitrogens is 3. The first kappa shape index (κ1) is 21.2. The van der Waals surface area contributed by atoms with Crippen LogP contribution in [0, 0.1) is 0 Å². The van der Waals surface area contributed by atoms with E-state index in [0.29, 0.717) is 35.4 Å². The van der Waals surface area contributed by atoms with E-state index in [1.807, 2.05) is 19.9 Å². The number of fused-ring (bicyclic) bond motifs is 1. The molecule has 9 heteroatoms. The van der Waals surface area contributed by atoms with E-state index in [2.05, 4.69) is 32.2 Å². The minimum atomic E-state index is -0.715. The minimum absolute atomic E-state index is 0.0218. The number of benzene rings is 1. The Kier molecular flexibility index (Phi) is 6.17. The molecule has 1 atom stereocenters. The van der Waals surface area contributed by atoms with Gasteiger partial charge in [-0.2, -0.15) is 4.98 Å². The second kappa shape index (κ2) is 9.01. The highest BCUT2D eigenvalue weighted by atomic mass is 16.5. The lowest BCUT2D eigenvalue weighted by Gasteiger charge is -2.30. The van der Waals surface area contributed by atoms with Gasteiger partial charge in [-0.15, -0.1) is 0 Å². The van der Waals surface area contributed by atoms with Crippen LogP contribution < -0.4 is 10.5 Å². The number of nitrogens with zero attached hydrogens (tertiary/aromatic N) is 4. The Morgan fingerprint density at radius 3 is 2.81 bits per heavy atom. The summed E-state index contributed by atoms with van der Waals surface area (Å²) in [6.07, 6.45) is 1.72. The van der Waals surface area contributed by atoms with Crippen molar-refractivity contribution in [2.24, 2.45) is 0 Å². The van der Waals surface area contributed by atoms with Crippen molar-refractivity contribution in [1.82, 2.24) is 20.0 Å². The molecule has 2 aromatic heterocycles. The predicted octanol–water partition coefficient (Wildman–Crippen LogP) is 1.88. The summed E-state index contributed by atoms with van der Waals surface area (Å²) in [6.45, 7) is 5.61. The fraction of sp³-hybridized carbons (Fsp3) is 0.409. The number of β-amino-alcohol motifs (C(OH)–C–C–N with tert-alkyl or cyclic N) is 1. The molecule has 0 fully saturated rings. The molecule has 3 heterocycles. The molecule has 1 aliphatic rings. The number of hydrogen-bond acceptors (Lipinski definition) is 9. The Morgan fingerprint density at radius 1 is 1.23 bits per heavy atom. The highest BCUT2D eigenvalue weighted by Crippen LogP contribution is 2.29. The van der Waals surface area contributed by atoms with E-state index in [0.717, 1.165) is 25.1 Å². The highest BCUT2D eigenvalue weighted by molar-refractivity contribution is 5.65. The summed E-state index contributed by atoms with van der Waals surface area (Å²) in [5.74, 6) is 1.22. The fourth-order valence-corrected chi connectivity index (χ4v) is 3.63. The van der Waals surface area contributed by atoms with Crippen LogP contribution in [0.2, 0.25) is 0 Å². The van der Waals surface area contributed by atoms with Crippen molar-refractivity contribution in [2.75, 3.05) is 25.4 Å². The zero-order valence-electron chi connectivity index (χ0n) is 17.7. The summed E-state index contributed by atoms with van der Waals surface area (Å²) in [6, 6.07) is 7.81. The van der Waals surface area contributed by atoms with Gasteiger partial charge < -0.3 is 25.2 Å². The number of hydrogen-bond donors (Lipinski definition) is 3. The van der Waals surface area contributed by atoms with Crippen molar-refractivity contribution in [3.05, 3.63) is 41.6 Å². The molecule has 0 bridgehead atoms. The van der Waals surface area contributed by atoms with Crippen molar-refractivity contribution >= 4 is 5.69 Å². The average Bonchev–Trinajstić information content (AvgIpc) is 3.24. The molecule has 9 nitrogen and oxygen atoms in total. The number of anilines is 1. The first-order chi connectivity index (χ1) is 14.9. The monoisotopic (exact) mass is 425 g/mol. The predicted molar refractivity (Wildman–Crippen MR) is 115 cm³/mol. The number of nitrogen functional groups attached to an aromatic ring is 1.